The van der Waals surface area contributed by atoms with Crippen LogP contribution in [0.4, 0.5) is 0 Å². The van der Waals surface area contributed by atoms with Crippen molar-refractivity contribution in [2.24, 2.45) is 22.9 Å². The minimum Gasteiger partial charge on any atom is -0.480 e. The van der Waals surface area contributed by atoms with Gasteiger partial charge in [-0.2, -0.15) is 0 Å². The SMILES string of the molecule is Cl.NCCCC[C@H](N)C(=O)O.NCCCC[C@H](N)C(=O)O.[Ca]. The van der Waals surface area contributed by atoms with E-state index in [2.05, 4.69) is 0 Å². The Morgan fingerprint density at radius 3 is 1.23 bits per heavy atom. The molecule has 0 bridgehead atoms. The summed E-state index contributed by atoms with van der Waals surface area (Å²) in [7, 11) is 0. The van der Waals surface area contributed by atoms with Crippen LogP contribution in [0, 0.1) is 0 Å². The van der Waals surface area contributed by atoms with Crippen LogP contribution in [-0.2, 0) is 9.59 Å². The van der Waals surface area contributed by atoms with E-state index in [1.165, 1.54) is 0 Å². The summed E-state index contributed by atoms with van der Waals surface area (Å²) in [5.74, 6) is -1.87. The second kappa shape index (κ2) is 21.3. The monoisotopic (exact) mass is 368 g/mol. The molecule has 0 saturated carbocycles. The first-order valence-electron chi connectivity index (χ1n) is 6.73. The maximum atomic E-state index is 10.1. The van der Waals surface area contributed by atoms with Crippen LogP contribution in [0.25, 0.3) is 0 Å². The van der Waals surface area contributed by atoms with Crippen LogP contribution in [0.5, 0.6) is 0 Å². The average molecular weight is 369 g/mol. The van der Waals surface area contributed by atoms with E-state index in [1.807, 2.05) is 0 Å². The van der Waals surface area contributed by atoms with Crippen LogP contribution in [0.1, 0.15) is 38.5 Å². The molecule has 10 heteroatoms. The topological polar surface area (TPSA) is 179 Å². The van der Waals surface area contributed by atoms with Gasteiger partial charge in [-0.05, 0) is 38.8 Å². The summed E-state index contributed by atoms with van der Waals surface area (Å²) in [5.41, 5.74) is 20.8. The van der Waals surface area contributed by atoms with Crippen LogP contribution in [0.2, 0.25) is 0 Å². The molecule has 0 amide bonds. The molecule has 130 valence electrons. The number of hydrogen-bond donors (Lipinski definition) is 6. The van der Waals surface area contributed by atoms with Crippen molar-refractivity contribution in [2.45, 2.75) is 50.6 Å². The number of carbonyl (C=O) groups is 2. The summed E-state index contributed by atoms with van der Waals surface area (Å²) in [5, 5.41) is 16.7. The molecule has 0 aromatic carbocycles. The third-order valence-electron chi connectivity index (χ3n) is 2.57. The molecule has 8 nitrogen and oxygen atoms in total. The van der Waals surface area contributed by atoms with Crippen molar-refractivity contribution in [1.29, 1.82) is 0 Å². The van der Waals surface area contributed by atoms with Crippen molar-refractivity contribution < 1.29 is 19.8 Å². The first-order valence-corrected chi connectivity index (χ1v) is 6.73. The number of halogens is 1. The fourth-order valence-corrected chi connectivity index (χ4v) is 1.26. The summed E-state index contributed by atoms with van der Waals surface area (Å²) >= 11 is 0. The zero-order chi connectivity index (χ0) is 16.0. The van der Waals surface area contributed by atoms with Gasteiger partial charge >= 0.3 is 11.9 Å². The Hall–Kier alpha value is 0.330. The van der Waals surface area contributed by atoms with Crippen LogP contribution in [0.15, 0.2) is 0 Å². The third kappa shape index (κ3) is 22.6. The quantitative estimate of drug-likeness (QED) is 0.212. The standard InChI is InChI=1S/2C6H14N2O2.Ca.ClH/c2*7-4-2-1-3-5(8)6(9)10;;/h2*5H,1-4,7-8H2,(H,9,10);;1H/t2*5-;;/m00../s1. The van der Waals surface area contributed by atoms with Crippen molar-refractivity contribution >= 4 is 62.1 Å². The van der Waals surface area contributed by atoms with E-state index in [9.17, 15) is 9.59 Å². The largest absolute Gasteiger partial charge is 0.480 e. The zero-order valence-electron chi connectivity index (χ0n) is 12.9. The molecule has 2 atom stereocenters. The van der Waals surface area contributed by atoms with Gasteiger partial charge in [-0.25, -0.2) is 0 Å². The van der Waals surface area contributed by atoms with E-state index in [4.69, 9.17) is 33.1 Å². The summed E-state index contributed by atoms with van der Waals surface area (Å²) in [6.07, 6.45) is 4.33. The van der Waals surface area contributed by atoms with Gasteiger partial charge in [0.25, 0.3) is 0 Å². The van der Waals surface area contributed by atoms with Gasteiger partial charge in [0.15, 0.2) is 0 Å². The van der Waals surface area contributed by atoms with Crippen LogP contribution >= 0.6 is 12.4 Å². The Balaban J connectivity index is -0.000000135. The second-order valence-electron chi connectivity index (χ2n) is 4.46. The molecule has 0 aromatic rings. The Kier molecular flexibility index (Phi) is 29.3. The van der Waals surface area contributed by atoms with Gasteiger partial charge in [0.2, 0.25) is 0 Å². The smallest absolute Gasteiger partial charge is 0.320 e. The Labute approximate surface area is 167 Å². The average Bonchev–Trinajstić information content (AvgIpc) is 2.39. The van der Waals surface area contributed by atoms with E-state index in [0.717, 1.165) is 25.7 Å². The van der Waals surface area contributed by atoms with E-state index in [-0.39, 0.29) is 50.1 Å². The molecule has 0 aromatic heterocycles. The van der Waals surface area contributed by atoms with Crippen molar-refractivity contribution in [3.8, 4) is 0 Å². The van der Waals surface area contributed by atoms with Gasteiger partial charge in [-0.1, -0.05) is 12.8 Å². The third-order valence-corrected chi connectivity index (χ3v) is 2.57. The van der Waals surface area contributed by atoms with Crippen molar-refractivity contribution in [1.82, 2.24) is 0 Å². The number of unbranched alkanes of at least 4 members (excludes halogenated alkanes) is 2. The number of hydrogen-bond acceptors (Lipinski definition) is 6. The molecule has 10 N–H and O–H groups in total. The summed E-state index contributed by atoms with van der Waals surface area (Å²) in [6.45, 7) is 1.21. The fraction of sp³-hybridized carbons (Fsp3) is 0.833. The Morgan fingerprint density at radius 2 is 1.05 bits per heavy atom. The zero-order valence-corrected chi connectivity index (χ0v) is 16.0. The molecule has 0 rings (SSSR count). The molecule has 0 aliphatic rings. The number of carboxylic acid groups (broad SMARTS) is 2. The van der Waals surface area contributed by atoms with Crippen molar-refractivity contribution in [3.05, 3.63) is 0 Å². The first kappa shape index (κ1) is 30.2. The number of rotatable bonds is 10. The van der Waals surface area contributed by atoms with Crippen LogP contribution < -0.4 is 22.9 Å². The van der Waals surface area contributed by atoms with E-state index >= 15 is 0 Å². The van der Waals surface area contributed by atoms with Gasteiger partial charge in [0.05, 0.1) is 0 Å². The molecular weight excluding hydrogens is 340 g/mol. The van der Waals surface area contributed by atoms with Crippen LogP contribution in [0.3, 0.4) is 0 Å². The number of carboxylic acids is 2. The predicted molar refractivity (Wildman–Crippen MR) is 90.0 cm³/mol. The van der Waals surface area contributed by atoms with Gasteiger partial charge in [-0.3, -0.25) is 9.59 Å². The molecule has 22 heavy (non-hydrogen) atoms. The summed E-state index contributed by atoms with van der Waals surface area (Å²) in [4.78, 5) is 20.3. The molecule has 0 spiro atoms. The minimum atomic E-state index is -0.933. The van der Waals surface area contributed by atoms with E-state index in [1.54, 1.807) is 0 Å². The molecule has 0 fully saturated rings. The second-order valence-corrected chi connectivity index (χ2v) is 4.46. The van der Waals surface area contributed by atoms with E-state index < -0.39 is 24.0 Å². The summed E-state index contributed by atoms with van der Waals surface area (Å²) in [6, 6.07) is -1.43. The number of nitrogens with two attached hydrogens (primary N) is 4. The van der Waals surface area contributed by atoms with Gasteiger partial charge < -0.3 is 33.1 Å². The van der Waals surface area contributed by atoms with Crippen molar-refractivity contribution in [3.63, 3.8) is 0 Å². The minimum absolute atomic E-state index is 0. The maximum absolute atomic E-state index is 10.1. The predicted octanol–water partition coefficient (Wildman–Crippen LogP) is -0.904. The van der Waals surface area contributed by atoms with Gasteiger partial charge in [-0.15, -0.1) is 12.4 Å². The first-order chi connectivity index (χ1) is 9.36. The molecule has 0 aliphatic heterocycles. The van der Waals surface area contributed by atoms with Gasteiger partial charge in [0, 0.05) is 37.7 Å². The van der Waals surface area contributed by atoms with E-state index in [0.29, 0.717) is 25.9 Å². The molecule has 2 radical (unpaired) electrons. The normalized spacial score (nSPS) is 11.8. The maximum Gasteiger partial charge on any atom is 0.320 e. The molecule has 0 unspecified atom stereocenters. The van der Waals surface area contributed by atoms with Crippen molar-refractivity contribution in [2.75, 3.05) is 13.1 Å². The van der Waals surface area contributed by atoms with Gasteiger partial charge in [0.1, 0.15) is 12.1 Å². The Morgan fingerprint density at radius 1 is 0.773 bits per heavy atom. The molecule has 0 saturated heterocycles. The molecule has 0 aliphatic carbocycles. The molecular formula is C12H29CaClN4O4. The summed E-state index contributed by atoms with van der Waals surface area (Å²) < 4.78 is 0. The fourth-order valence-electron chi connectivity index (χ4n) is 1.26. The Bertz CT molecular complexity index is 250. The number of aliphatic carboxylic acids is 2. The molecule has 0 heterocycles. The van der Waals surface area contributed by atoms with Crippen LogP contribution in [-0.4, -0.2) is 85.1 Å².